The molecule has 0 saturated heterocycles. The van der Waals surface area contributed by atoms with E-state index in [2.05, 4.69) is 20.5 Å². The van der Waals surface area contributed by atoms with E-state index in [9.17, 15) is 10.1 Å². The molecule has 2 N–H and O–H groups in total. The molecule has 0 aliphatic heterocycles. The van der Waals surface area contributed by atoms with Gasteiger partial charge < -0.3 is 4.98 Å². The Bertz CT molecular complexity index is 808. The van der Waals surface area contributed by atoms with E-state index in [0.29, 0.717) is 5.82 Å². The second-order valence-electron chi connectivity index (χ2n) is 4.32. The molecule has 3 rings (SSSR count). The van der Waals surface area contributed by atoms with Gasteiger partial charge in [0.2, 0.25) is 0 Å². The first-order valence-electron chi connectivity index (χ1n) is 6.20. The number of hydrogen-bond donors (Lipinski definition) is 2. The molecule has 3 aromatic rings. The minimum absolute atomic E-state index is 0.0545. The number of benzene rings is 1. The van der Waals surface area contributed by atoms with Gasteiger partial charge in [-0.1, -0.05) is 18.2 Å². The number of H-pyrrole nitrogens is 1. The molecule has 0 amide bonds. The van der Waals surface area contributed by atoms with Gasteiger partial charge in [-0.3, -0.25) is 15.5 Å². The van der Waals surface area contributed by atoms with E-state index in [-0.39, 0.29) is 5.69 Å². The Morgan fingerprint density at radius 3 is 2.90 bits per heavy atom. The standard InChI is InChI=1S/C14H11N5O2/c20-19(21)11-5-6-14(16-9-11)18-17-8-10-7-15-13-4-2-1-3-12(10)13/h1-9,15H,(H,16,18). The highest BCUT2D eigenvalue weighted by Gasteiger charge is 2.04. The Hall–Kier alpha value is -3.22. The lowest BCUT2D eigenvalue weighted by Crippen LogP contribution is -1.94. The van der Waals surface area contributed by atoms with Crippen LogP contribution in [0, 0.1) is 10.1 Å². The number of nitro groups is 1. The first-order chi connectivity index (χ1) is 10.2. The first kappa shape index (κ1) is 12.8. The molecule has 21 heavy (non-hydrogen) atoms. The molecule has 0 saturated carbocycles. The van der Waals surface area contributed by atoms with Crippen molar-refractivity contribution >= 4 is 28.6 Å². The van der Waals surface area contributed by atoms with Crippen LogP contribution in [0.2, 0.25) is 0 Å². The van der Waals surface area contributed by atoms with E-state index in [4.69, 9.17) is 0 Å². The predicted molar refractivity (Wildman–Crippen MR) is 80.4 cm³/mol. The predicted octanol–water partition coefficient (Wildman–Crippen LogP) is 2.92. The van der Waals surface area contributed by atoms with Crippen LogP contribution in [0.5, 0.6) is 0 Å². The number of rotatable bonds is 4. The molecule has 0 unspecified atom stereocenters. The summed E-state index contributed by atoms with van der Waals surface area (Å²) in [6.45, 7) is 0. The molecule has 7 heteroatoms. The van der Waals surface area contributed by atoms with Crippen molar-refractivity contribution in [2.75, 3.05) is 5.43 Å². The van der Waals surface area contributed by atoms with E-state index < -0.39 is 4.92 Å². The summed E-state index contributed by atoms with van der Waals surface area (Å²) in [5.41, 5.74) is 4.66. The lowest BCUT2D eigenvalue weighted by molar-refractivity contribution is -0.385. The fourth-order valence-electron chi connectivity index (χ4n) is 1.93. The zero-order valence-corrected chi connectivity index (χ0v) is 10.9. The molecule has 0 aliphatic carbocycles. The van der Waals surface area contributed by atoms with Crippen molar-refractivity contribution in [3.63, 3.8) is 0 Å². The van der Waals surface area contributed by atoms with Crippen LogP contribution in [-0.4, -0.2) is 21.1 Å². The SMILES string of the molecule is O=[N+]([O-])c1ccc(NN=Cc2c[nH]c3ccccc23)nc1. The summed E-state index contributed by atoms with van der Waals surface area (Å²) in [5.74, 6) is 0.441. The molecule has 2 aromatic heterocycles. The fraction of sp³-hybridized carbons (Fsp3) is 0. The third-order valence-electron chi connectivity index (χ3n) is 2.96. The Labute approximate surface area is 119 Å². The number of fused-ring (bicyclic) bond motifs is 1. The molecule has 0 atom stereocenters. The highest BCUT2D eigenvalue weighted by atomic mass is 16.6. The summed E-state index contributed by atoms with van der Waals surface area (Å²) in [4.78, 5) is 17.1. The maximum absolute atomic E-state index is 10.5. The van der Waals surface area contributed by atoms with Gasteiger partial charge in [-0.15, -0.1) is 0 Å². The van der Waals surface area contributed by atoms with E-state index in [1.165, 1.54) is 18.3 Å². The van der Waals surface area contributed by atoms with Gasteiger partial charge in [0.1, 0.15) is 12.0 Å². The smallest absolute Gasteiger partial charge is 0.287 e. The molecule has 0 bridgehead atoms. The second kappa shape index (κ2) is 5.41. The van der Waals surface area contributed by atoms with Crippen LogP contribution < -0.4 is 5.43 Å². The number of nitrogens with one attached hydrogen (secondary N) is 2. The summed E-state index contributed by atoms with van der Waals surface area (Å²) < 4.78 is 0. The Morgan fingerprint density at radius 1 is 1.29 bits per heavy atom. The van der Waals surface area contributed by atoms with Gasteiger partial charge in [-0.25, -0.2) is 4.98 Å². The zero-order chi connectivity index (χ0) is 14.7. The average molecular weight is 281 g/mol. The van der Waals surface area contributed by atoms with E-state index in [0.717, 1.165) is 16.5 Å². The molecule has 7 nitrogen and oxygen atoms in total. The van der Waals surface area contributed by atoms with Gasteiger partial charge in [0.05, 0.1) is 11.1 Å². The van der Waals surface area contributed by atoms with Crippen molar-refractivity contribution in [3.05, 3.63) is 64.5 Å². The van der Waals surface area contributed by atoms with Crippen LogP contribution in [0.3, 0.4) is 0 Å². The van der Waals surface area contributed by atoms with Crippen molar-refractivity contribution in [2.45, 2.75) is 0 Å². The summed E-state index contributed by atoms with van der Waals surface area (Å²) in [6.07, 6.45) is 4.71. The number of pyridine rings is 1. The molecule has 0 fully saturated rings. The van der Waals surface area contributed by atoms with Crippen molar-refractivity contribution in [3.8, 4) is 0 Å². The van der Waals surface area contributed by atoms with Crippen LogP contribution >= 0.6 is 0 Å². The van der Waals surface area contributed by atoms with Gasteiger partial charge in [0.25, 0.3) is 5.69 Å². The van der Waals surface area contributed by atoms with Crippen molar-refractivity contribution in [1.29, 1.82) is 0 Å². The fourth-order valence-corrected chi connectivity index (χ4v) is 1.93. The number of aromatic amines is 1. The van der Waals surface area contributed by atoms with Crippen LogP contribution in [0.25, 0.3) is 10.9 Å². The number of para-hydroxylation sites is 1. The lowest BCUT2D eigenvalue weighted by Gasteiger charge is -1.97. The van der Waals surface area contributed by atoms with Crippen molar-refractivity contribution in [1.82, 2.24) is 9.97 Å². The van der Waals surface area contributed by atoms with Gasteiger partial charge in [-0.2, -0.15) is 5.10 Å². The Balaban J connectivity index is 1.73. The quantitative estimate of drug-likeness (QED) is 0.436. The topological polar surface area (TPSA) is 96.2 Å². The zero-order valence-electron chi connectivity index (χ0n) is 10.9. The minimum atomic E-state index is -0.494. The number of nitrogens with zero attached hydrogens (tertiary/aromatic N) is 3. The van der Waals surface area contributed by atoms with E-state index in [1.54, 1.807) is 6.21 Å². The largest absolute Gasteiger partial charge is 0.361 e. The Morgan fingerprint density at radius 2 is 2.14 bits per heavy atom. The summed E-state index contributed by atoms with van der Waals surface area (Å²) in [7, 11) is 0. The van der Waals surface area contributed by atoms with Crippen LogP contribution in [0.4, 0.5) is 11.5 Å². The maximum Gasteiger partial charge on any atom is 0.287 e. The first-order valence-corrected chi connectivity index (χ1v) is 6.20. The highest BCUT2D eigenvalue weighted by molar-refractivity contribution is 5.99. The number of hydrogen-bond acceptors (Lipinski definition) is 5. The van der Waals surface area contributed by atoms with Gasteiger partial charge in [0, 0.05) is 28.7 Å². The maximum atomic E-state index is 10.5. The third kappa shape index (κ3) is 2.71. The van der Waals surface area contributed by atoms with Crippen molar-refractivity contribution in [2.24, 2.45) is 5.10 Å². The Kier molecular flexibility index (Phi) is 3.30. The summed E-state index contributed by atoms with van der Waals surface area (Å²) >= 11 is 0. The molecule has 0 radical (unpaired) electrons. The number of hydrazone groups is 1. The van der Waals surface area contributed by atoms with Crippen LogP contribution in [0.1, 0.15) is 5.56 Å². The van der Waals surface area contributed by atoms with Gasteiger partial charge in [0.15, 0.2) is 0 Å². The van der Waals surface area contributed by atoms with Crippen LogP contribution in [-0.2, 0) is 0 Å². The third-order valence-corrected chi connectivity index (χ3v) is 2.96. The van der Waals surface area contributed by atoms with Gasteiger partial charge >= 0.3 is 0 Å². The normalized spacial score (nSPS) is 11.0. The molecule has 104 valence electrons. The lowest BCUT2D eigenvalue weighted by atomic mass is 10.2. The number of aromatic nitrogens is 2. The summed E-state index contributed by atoms with van der Waals surface area (Å²) in [6, 6.07) is 10.8. The number of anilines is 1. The average Bonchev–Trinajstić information content (AvgIpc) is 2.91. The molecule has 0 aliphatic rings. The van der Waals surface area contributed by atoms with E-state index in [1.807, 2.05) is 30.5 Å². The van der Waals surface area contributed by atoms with Crippen molar-refractivity contribution < 1.29 is 4.92 Å². The molecule has 1 aromatic carbocycles. The molecule has 2 heterocycles. The molecular weight excluding hydrogens is 270 g/mol. The highest BCUT2D eigenvalue weighted by Crippen LogP contribution is 2.16. The second-order valence-corrected chi connectivity index (χ2v) is 4.32. The van der Waals surface area contributed by atoms with Crippen LogP contribution in [0.15, 0.2) is 53.9 Å². The minimum Gasteiger partial charge on any atom is -0.361 e. The van der Waals surface area contributed by atoms with E-state index >= 15 is 0 Å². The monoisotopic (exact) mass is 281 g/mol. The summed E-state index contributed by atoms with van der Waals surface area (Å²) in [5, 5.41) is 15.7. The molecule has 0 spiro atoms. The van der Waals surface area contributed by atoms with Gasteiger partial charge in [-0.05, 0) is 12.1 Å². The molecular formula is C14H11N5O2.